The molecule has 0 unspecified atom stereocenters. The number of carbonyl (C=O) groups excluding carboxylic acids is 2. The lowest BCUT2D eigenvalue weighted by Gasteiger charge is -2.28. The average molecular weight is 412 g/mol. The molecule has 2 aromatic rings. The molecule has 1 atom stereocenters. The topological polar surface area (TPSA) is 106 Å². The van der Waals surface area contributed by atoms with Crippen molar-refractivity contribution in [2.45, 2.75) is 19.9 Å². The largest absolute Gasteiger partial charge is 0.504 e. The lowest BCUT2D eigenvalue weighted by atomic mass is 9.95. The average Bonchev–Trinajstić information content (AvgIpc) is 2.73. The zero-order valence-electron chi connectivity index (χ0n) is 16.8. The van der Waals surface area contributed by atoms with Gasteiger partial charge in [-0.2, -0.15) is 0 Å². The lowest BCUT2D eigenvalue weighted by Crippen LogP contribution is -2.45. The number of benzene rings is 2. The van der Waals surface area contributed by atoms with E-state index in [4.69, 9.17) is 14.2 Å². The SMILES string of the molecule is CCOc1cc([C@@H]2NC(=O)NC(C)=C2C(=O)OCCOc2ccccc2)ccc1O. The normalized spacial score (nSPS) is 15.8. The van der Waals surface area contributed by atoms with Gasteiger partial charge in [-0.1, -0.05) is 24.3 Å². The Kier molecular flexibility index (Phi) is 6.79. The molecule has 3 N–H and O–H groups in total. The fraction of sp³-hybridized carbons (Fsp3) is 0.273. The van der Waals surface area contributed by atoms with E-state index in [2.05, 4.69) is 10.6 Å². The number of esters is 1. The number of allylic oxidation sites excluding steroid dienone is 1. The van der Waals surface area contributed by atoms with Crippen LogP contribution in [0.15, 0.2) is 59.8 Å². The summed E-state index contributed by atoms with van der Waals surface area (Å²) in [4.78, 5) is 24.8. The third-order valence-electron chi connectivity index (χ3n) is 4.43. The minimum Gasteiger partial charge on any atom is -0.504 e. The molecule has 0 saturated heterocycles. The van der Waals surface area contributed by atoms with Gasteiger partial charge >= 0.3 is 12.0 Å². The van der Waals surface area contributed by atoms with E-state index >= 15 is 0 Å². The van der Waals surface area contributed by atoms with Gasteiger partial charge in [0.25, 0.3) is 0 Å². The number of hydrogen-bond donors (Lipinski definition) is 3. The van der Waals surface area contributed by atoms with Crippen LogP contribution in [0.3, 0.4) is 0 Å². The van der Waals surface area contributed by atoms with E-state index in [0.717, 1.165) is 0 Å². The first-order valence-electron chi connectivity index (χ1n) is 9.58. The molecule has 8 nitrogen and oxygen atoms in total. The maximum absolute atomic E-state index is 12.8. The van der Waals surface area contributed by atoms with E-state index in [1.165, 1.54) is 6.07 Å². The number of phenols is 1. The Balaban J connectivity index is 1.73. The summed E-state index contributed by atoms with van der Waals surface area (Å²) in [7, 11) is 0. The quantitative estimate of drug-likeness (QED) is 0.455. The first-order valence-corrected chi connectivity index (χ1v) is 9.58. The predicted molar refractivity (Wildman–Crippen MR) is 109 cm³/mol. The number of hydrogen-bond acceptors (Lipinski definition) is 6. The monoisotopic (exact) mass is 412 g/mol. The standard InChI is InChI=1S/C22H24N2O6/c1-3-28-18-13-15(9-10-17(18)25)20-19(14(2)23-22(27)24-20)21(26)30-12-11-29-16-7-5-4-6-8-16/h4-10,13,20,25H,3,11-12H2,1-2H3,(H2,23,24,27)/t20-/m0/s1. The molecule has 2 aromatic carbocycles. The van der Waals surface area contributed by atoms with Gasteiger partial charge in [-0.3, -0.25) is 0 Å². The van der Waals surface area contributed by atoms with Crippen molar-refractivity contribution in [3.05, 3.63) is 65.4 Å². The van der Waals surface area contributed by atoms with Crippen molar-refractivity contribution in [3.63, 3.8) is 0 Å². The number of rotatable bonds is 8. The van der Waals surface area contributed by atoms with Crippen molar-refractivity contribution >= 4 is 12.0 Å². The number of ether oxygens (including phenoxy) is 3. The van der Waals surface area contributed by atoms with Crippen molar-refractivity contribution in [1.82, 2.24) is 10.6 Å². The van der Waals surface area contributed by atoms with Gasteiger partial charge in [0.1, 0.15) is 19.0 Å². The number of para-hydroxylation sites is 1. The maximum Gasteiger partial charge on any atom is 0.338 e. The van der Waals surface area contributed by atoms with Crippen LogP contribution >= 0.6 is 0 Å². The third kappa shape index (κ3) is 5.02. The Morgan fingerprint density at radius 3 is 2.60 bits per heavy atom. The van der Waals surface area contributed by atoms with Gasteiger partial charge in [0.05, 0.1) is 18.2 Å². The predicted octanol–water partition coefficient (Wildman–Crippen LogP) is 3.04. The highest BCUT2D eigenvalue weighted by Gasteiger charge is 2.32. The van der Waals surface area contributed by atoms with Crippen LogP contribution in [-0.2, 0) is 9.53 Å². The molecule has 30 heavy (non-hydrogen) atoms. The van der Waals surface area contributed by atoms with E-state index in [-0.39, 0.29) is 30.3 Å². The van der Waals surface area contributed by atoms with Crippen LogP contribution < -0.4 is 20.1 Å². The van der Waals surface area contributed by atoms with Gasteiger partial charge in [0.2, 0.25) is 0 Å². The summed E-state index contributed by atoms with van der Waals surface area (Å²) in [5.41, 5.74) is 1.24. The second-order valence-corrected chi connectivity index (χ2v) is 6.53. The van der Waals surface area contributed by atoms with Gasteiger partial charge in [0, 0.05) is 5.70 Å². The van der Waals surface area contributed by atoms with Crippen molar-refractivity contribution in [2.24, 2.45) is 0 Å². The molecule has 0 fully saturated rings. The molecule has 0 aliphatic carbocycles. The van der Waals surface area contributed by atoms with E-state index in [9.17, 15) is 14.7 Å². The smallest absolute Gasteiger partial charge is 0.338 e. The number of aromatic hydroxyl groups is 1. The highest BCUT2D eigenvalue weighted by Crippen LogP contribution is 2.34. The zero-order valence-corrected chi connectivity index (χ0v) is 16.8. The van der Waals surface area contributed by atoms with Crippen LogP contribution in [-0.4, -0.2) is 36.9 Å². The summed E-state index contributed by atoms with van der Waals surface area (Å²) in [6, 6.07) is 12.7. The molecule has 0 saturated carbocycles. The van der Waals surface area contributed by atoms with Crippen LogP contribution in [0.2, 0.25) is 0 Å². The highest BCUT2D eigenvalue weighted by molar-refractivity contribution is 5.95. The molecule has 1 heterocycles. The van der Waals surface area contributed by atoms with Crippen molar-refractivity contribution in [3.8, 4) is 17.2 Å². The number of nitrogens with one attached hydrogen (secondary N) is 2. The number of carbonyl (C=O) groups is 2. The van der Waals surface area contributed by atoms with Crippen molar-refractivity contribution in [1.29, 1.82) is 0 Å². The molecule has 1 aliphatic rings. The summed E-state index contributed by atoms with van der Waals surface area (Å²) < 4.78 is 16.3. The fourth-order valence-corrected chi connectivity index (χ4v) is 3.08. The Morgan fingerprint density at radius 1 is 1.10 bits per heavy atom. The summed E-state index contributed by atoms with van der Waals surface area (Å²) in [5, 5.41) is 15.3. The summed E-state index contributed by atoms with van der Waals surface area (Å²) in [6.07, 6.45) is 0. The van der Waals surface area contributed by atoms with Crippen LogP contribution in [0.4, 0.5) is 4.79 Å². The second kappa shape index (κ2) is 9.69. The molecule has 0 aromatic heterocycles. The van der Waals surface area contributed by atoms with Gasteiger partial charge < -0.3 is 30.0 Å². The molecular formula is C22H24N2O6. The molecule has 0 bridgehead atoms. The Bertz CT molecular complexity index is 942. The van der Waals surface area contributed by atoms with Crippen molar-refractivity contribution in [2.75, 3.05) is 19.8 Å². The van der Waals surface area contributed by atoms with Gasteiger partial charge in [-0.15, -0.1) is 0 Å². The molecule has 0 radical (unpaired) electrons. The minimum absolute atomic E-state index is 0.0243. The Hall–Kier alpha value is -3.68. The first-order chi connectivity index (χ1) is 14.5. The minimum atomic E-state index is -0.749. The third-order valence-corrected chi connectivity index (χ3v) is 4.43. The molecule has 3 rings (SSSR count). The molecule has 1 aliphatic heterocycles. The molecule has 8 heteroatoms. The Labute approximate surface area is 174 Å². The first kappa shape index (κ1) is 21.0. The number of urea groups is 1. The Morgan fingerprint density at radius 2 is 1.87 bits per heavy atom. The number of phenolic OH excluding ortho intramolecular Hbond substituents is 1. The molecule has 158 valence electrons. The molecule has 0 spiro atoms. The van der Waals surface area contributed by atoms with Crippen LogP contribution in [0.5, 0.6) is 17.2 Å². The summed E-state index contributed by atoms with van der Waals surface area (Å²) in [6.45, 7) is 4.03. The van der Waals surface area contributed by atoms with Crippen LogP contribution in [0.25, 0.3) is 0 Å². The van der Waals surface area contributed by atoms with Gasteiger partial charge in [-0.25, -0.2) is 9.59 Å². The second-order valence-electron chi connectivity index (χ2n) is 6.53. The van der Waals surface area contributed by atoms with Gasteiger partial charge in [-0.05, 0) is 43.7 Å². The van der Waals surface area contributed by atoms with E-state index < -0.39 is 18.0 Å². The summed E-state index contributed by atoms with van der Waals surface area (Å²) >= 11 is 0. The zero-order chi connectivity index (χ0) is 21.5. The lowest BCUT2D eigenvalue weighted by molar-refractivity contribution is -0.140. The van der Waals surface area contributed by atoms with E-state index in [1.807, 2.05) is 30.3 Å². The van der Waals surface area contributed by atoms with Gasteiger partial charge in [0.15, 0.2) is 11.5 Å². The van der Waals surface area contributed by atoms with Crippen LogP contribution in [0, 0.1) is 0 Å². The molecule has 2 amide bonds. The number of amides is 2. The fourth-order valence-electron chi connectivity index (χ4n) is 3.08. The van der Waals surface area contributed by atoms with Crippen LogP contribution in [0.1, 0.15) is 25.5 Å². The molecular weight excluding hydrogens is 388 g/mol. The van der Waals surface area contributed by atoms with Crippen molar-refractivity contribution < 1.29 is 28.9 Å². The summed E-state index contributed by atoms with van der Waals surface area (Å²) in [5.74, 6) is 0.349. The van der Waals surface area contributed by atoms with E-state index in [1.54, 1.807) is 26.0 Å². The maximum atomic E-state index is 12.8. The highest BCUT2D eigenvalue weighted by atomic mass is 16.6. The van der Waals surface area contributed by atoms with E-state index in [0.29, 0.717) is 23.6 Å².